The predicted molar refractivity (Wildman–Crippen MR) is 88.1 cm³/mol. The molecule has 2 aliphatic heterocycles. The van der Waals surface area contributed by atoms with Crippen LogP contribution >= 0.6 is 0 Å². The summed E-state index contributed by atoms with van der Waals surface area (Å²) in [5.41, 5.74) is 0.625. The first-order valence-electron chi connectivity index (χ1n) is 8.58. The van der Waals surface area contributed by atoms with E-state index in [-0.39, 0.29) is 31.0 Å². The van der Waals surface area contributed by atoms with E-state index in [2.05, 4.69) is 20.2 Å². The van der Waals surface area contributed by atoms with Crippen LogP contribution in [0.25, 0.3) is 11.2 Å². The summed E-state index contributed by atoms with van der Waals surface area (Å²) in [6, 6.07) is 0.0557. The number of nitrogens with zero attached hydrogens (tertiary/aromatic N) is 6. The van der Waals surface area contributed by atoms with Crippen LogP contribution in [0.5, 0.6) is 0 Å². The van der Waals surface area contributed by atoms with Crippen molar-refractivity contribution in [1.82, 2.24) is 25.0 Å². The molecule has 7 nitrogen and oxygen atoms in total. The number of alkyl halides is 2. The SMILES string of the molecule is CC(C)(C)c1nc(N2CCC(F)(F)C2)c2nn([C@@H]3CCOC3)nc2n1. The van der Waals surface area contributed by atoms with Gasteiger partial charge in [0.05, 0.1) is 19.2 Å². The zero-order valence-electron chi connectivity index (χ0n) is 14.7. The average Bonchev–Trinajstić information content (AvgIpc) is 3.22. The second-order valence-corrected chi connectivity index (χ2v) is 7.86. The molecule has 0 spiro atoms. The van der Waals surface area contributed by atoms with Crippen LogP contribution in [-0.2, 0) is 10.2 Å². The van der Waals surface area contributed by atoms with Crippen molar-refractivity contribution in [3.63, 3.8) is 0 Å². The molecule has 2 aliphatic rings. The van der Waals surface area contributed by atoms with Crippen LogP contribution in [0, 0.1) is 0 Å². The summed E-state index contributed by atoms with van der Waals surface area (Å²) in [4.78, 5) is 12.3. The minimum atomic E-state index is -2.70. The molecule has 0 amide bonds. The zero-order valence-corrected chi connectivity index (χ0v) is 14.7. The van der Waals surface area contributed by atoms with Gasteiger partial charge in [0, 0.05) is 25.0 Å². The van der Waals surface area contributed by atoms with E-state index in [1.807, 2.05) is 20.8 Å². The van der Waals surface area contributed by atoms with Crippen molar-refractivity contribution in [1.29, 1.82) is 0 Å². The first-order valence-corrected chi connectivity index (χ1v) is 8.58. The van der Waals surface area contributed by atoms with Crippen molar-refractivity contribution in [3.8, 4) is 0 Å². The quantitative estimate of drug-likeness (QED) is 0.826. The molecule has 0 saturated carbocycles. The first-order chi connectivity index (χ1) is 11.7. The lowest BCUT2D eigenvalue weighted by Crippen LogP contribution is -2.27. The third-order valence-corrected chi connectivity index (χ3v) is 4.62. The number of aromatic nitrogens is 5. The molecule has 0 unspecified atom stereocenters. The molecular formula is C16H22F2N6O. The van der Waals surface area contributed by atoms with E-state index >= 15 is 0 Å². The van der Waals surface area contributed by atoms with E-state index in [1.165, 1.54) is 0 Å². The standard InChI is InChI=1S/C16H22F2N6O/c1-15(2,3)14-19-12-11(21-24(22-12)10-4-7-25-8-10)13(20-14)23-6-5-16(17,18)9-23/h10H,4-9H2,1-3H3/t10-/m1/s1. The molecular weight excluding hydrogens is 330 g/mol. The molecule has 0 aliphatic carbocycles. The van der Waals surface area contributed by atoms with Gasteiger partial charge in [-0.1, -0.05) is 20.8 Å². The molecule has 0 bridgehead atoms. The molecule has 0 N–H and O–H groups in total. The summed E-state index contributed by atoms with van der Waals surface area (Å²) >= 11 is 0. The molecule has 2 aromatic heterocycles. The van der Waals surface area contributed by atoms with E-state index in [4.69, 9.17) is 4.74 Å². The molecule has 9 heteroatoms. The van der Waals surface area contributed by atoms with Crippen LogP contribution in [0.3, 0.4) is 0 Å². The molecule has 4 heterocycles. The number of halogens is 2. The maximum atomic E-state index is 13.7. The lowest BCUT2D eigenvalue weighted by atomic mass is 9.96. The van der Waals surface area contributed by atoms with Crippen LogP contribution in [0.2, 0.25) is 0 Å². The Morgan fingerprint density at radius 2 is 2.00 bits per heavy atom. The lowest BCUT2D eigenvalue weighted by Gasteiger charge is -2.21. The fourth-order valence-corrected chi connectivity index (χ4v) is 3.15. The summed E-state index contributed by atoms with van der Waals surface area (Å²) in [6.45, 7) is 7.11. The van der Waals surface area contributed by atoms with Crippen LogP contribution in [-0.4, -0.2) is 57.2 Å². The second-order valence-electron chi connectivity index (χ2n) is 7.86. The molecule has 2 fully saturated rings. The molecule has 0 aromatic carbocycles. The molecule has 0 radical (unpaired) electrons. The molecule has 136 valence electrons. The van der Waals surface area contributed by atoms with E-state index in [0.29, 0.717) is 36.0 Å². The van der Waals surface area contributed by atoms with Gasteiger partial charge in [-0.3, -0.25) is 0 Å². The Morgan fingerprint density at radius 3 is 2.60 bits per heavy atom. The first kappa shape index (κ1) is 16.6. The number of hydrogen-bond acceptors (Lipinski definition) is 6. The highest BCUT2D eigenvalue weighted by Gasteiger charge is 2.40. The van der Waals surface area contributed by atoms with Crippen LogP contribution in [0.15, 0.2) is 0 Å². The largest absolute Gasteiger partial charge is 0.379 e. The Balaban J connectivity index is 1.83. The third kappa shape index (κ3) is 3.05. The Labute approximate surface area is 144 Å². The number of anilines is 1. The Morgan fingerprint density at radius 1 is 1.20 bits per heavy atom. The van der Waals surface area contributed by atoms with Gasteiger partial charge < -0.3 is 9.64 Å². The fraction of sp³-hybridized carbons (Fsp3) is 0.750. The maximum Gasteiger partial charge on any atom is 0.266 e. The van der Waals surface area contributed by atoms with Gasteiger partial charge in [0.1, 0.15) is 5.82 Å². The van der Waals surface area contributed by atoms with Gasteiger partial charge >= 0.3 is 0 Å². The Bertz CT molecular complexity index is 794. The van der Waals surface area contributed by atoms with E-state index < -0.39 is 5.92 Å². The summed E-state index contributed by atoms with van der Waals surface area (Å²) in [5.74, 6) is -1.66. The minimum Gasteiger partial charge on any atom is -0.379 e. The van der Waals surface area contributed by atoms with Crippen molar-refractivity contribution in [2.75, 3.05) is 31.2 Å². The maximum absolute atomic E-state index is 13.7. The van der Waals surface area contributed by atoms with Gasteiger partial charge in [-0.25, -0.2) is 18.7 Å². The summed E-state index contributed by atoms with van der Waals surface area (Å²) in [6.07, 6.45) is 0.658. The minimum absolute atomic E-state index is 0.0557. The van der Waals surface area contributed by atoms with Gasteiger partial charge in [0.15, 0.2) is 11.3 Å². The smallest absolute Gasteiger partial charge is 0.266 e. The van der Waals surface area contributed by atoms with Gasteiger partial charge in [-0.05, 0) is 6.42 Å². The van der Waals surface area contributed by atoms with Gasteiger partial charge in [-0.2, -0.15) is 4.80 Å². The number of ether oxygens (including phenoxy) is 1. The predicted octanol–water partition coefficient (Wildman–Crippen LogP) is 2.33. The fourth-order valence-electron chi connectivity index (χ4n) is 3.15. The van der Waals surface area contributed by atoms with Crippen LogP contribution in [0.4, 0.5) is 14.6 Å². The van der Waals surface area contributed by atoms with E-state index in [9.17, 15) is 8.78 Å². The Hall–Kier alpha value is -1.90. The highest BCUT2D eigenvalue weighted by atomic mass is 19.3. The number of hydrogen-bond donors (Lipinski definition) is 0. The van der Waals surface area contributed by atoms with Crippen molar-refractivity contribution < 1.29 is 13.5 Å². The number of fused-ring (bicyclic) bond motifs is 1. The third-order valence-electron chi connectivity index (χ3n) is 4.62. The molecule has 25 heavy (non-hydrogen) atoms. The van der Waals surface area contributed by atoms with Crippen LogP contribution in [0.1, 0.15) is 45.5 Å². The van der Waals surface area contributed by atoms with E-state index in [1.54, 1.807) is 9.70 Å². The van der Waals surface area contributed by atoms with Crippen molar-refractivity contribution in [3.05, 3.63) is 5.82 Å². The summed E-state index contributed by atoms with van der Waals surface area (Å²) < 4.78 is 32.8. The molecule has 2 saturated heterocycles. The van der Waals surface area contributed by atoms with Crippen molar-refractivity contribution in [2.24, 2.45) is 0 Å². The highest BCUT2D eigenvalue weighted by Crippen LogP contribution is 2.34. The molecule has 4 rings (SSSR count). The average molecular weight is 352 g/mol. The number of rotatable bonds is 2. The van der Waals surface area contributed by atoms with Crippen molar-refractivity contribution in [2.45, 2.75) is 51.0 Å². The van der Waals surface area contributed by atoms with Crippen molar-refractivity contribution >= 4 is 17.0 Å². The van der Waals surface area contributed by atoms with E-state index in [0.717, 1.165) is 6.42 Å². The highest BCUT2D eigenvalue weighted by molar-refractivity contribution is 5.82. The second kappa shape index (κ2) is 5.55. The molecule has 1 atom stereocenters. The summed E-state index contributed by atoms with van der Waals surface area (Å²) in [5, 5.41) is 9.02. The Kier molecular flexibility index (Phi) is 3.68. The summed E-state index contributed by atoms with van der Waals surface area (Å²) in [7, 11) is 0. The molecule has 2 aromatic rings. The topological polar surface area (TPSA) is 69.0 Å². The normalized spacial score (nSPS) is 23.7. The van der Waals surface area contributed by atoms with Crippen LogP contribution < -0.4 is 4.90 Å². The van der Waals surface area contributed by atoms with Gasteiger partial charge in [-0.15, -0.1) is 10.2 Å². The lowest BCUT2D eigenvalue weighted by molar-refractivity contribution is 0.0257. The van der Waals surface area contributed by atoms with Gasteiger partial charge in [0.25, 0.3) is 5.92 Å². The van der Waals surface area contributed by atoms with Gasteiger partial charge in [0.2, 0.25) is 5.65 Å². The zero-order chi connectivity index (χ0) is 17.8. The monoisotopic (exact) mass is 352 g/mol.